The number of amides is 1. The highest BCUT2D eigenvalue weighted by Crippen LogP contribution is 2.31. The van der Waals surface area contributed by atoms with Gasteiger partial charge in [0, 0.05) is 31.1 Å². The maximum absolute atomic E-state index is 11.6. The van der Waals surface area contributed by atoms with Crippen LogP contribution >= 0.6 is 0 Å². The van der Waals surface area contributed by atoms with Crippen molar-refractivity contribution < 1.29 is 4.79 Å². The Morgan fingerprint density at radius 2 is 1.93 bits per heavy atom. The van der Waals surface area contributed by atoms with Gasteiger partial charge in [-0.3, -0.25) is 4.79 Å². The first-order chi connectivity index (χ1) is 6.83. The molecule has 0 saturated carbocycles. The van der Waals surface area contributed by atoms with Crippen LogP contribution in [-0.2, 0) is 4.79 Å². The summed E-state index contributed by atoms with van der Waals surface area (Å²) < 4.78 is 0. The van der Waals surface area contributed by atoms with E-state index >= 15 is 0 Å². The van der Waals surface area contributed by atoms with Crippen molar-refractivity contribution in [1.82, 2.24) is 10.2 Å². The molecule has 3 saturated heterocycles. The van der Waals surface area contributed by atoms with E-state index < -0.39 is 0 Å². The molecule has 0 spiro atoms. The molecule has 3 nitrogen and oxygen atoms in total. The van der Waals surface area contributed by atoms with Gasteiger partial charge >= 0.3 is 0 Å². The van der Waals surface area contributed by atoms with Crippen molar-refractivity contribution in [3.8, 4) is 0 Å². The maximum Gasteiger partial charge on any atom is 0.222 e. The van der Waals surface area contributed by atoms with Gasteiger partial charge < -0.3 is 10.2 Å². The SMILES string of the molecule is O=C1CCCN1C1CC2CCC(C1)N2. The van der Waals surface area contributed by atoms with Crippen LogP contribution in [0.5, 0.6) is 0 Å². The van der Waals surface area contributed by atoms with Crippen molar-refractivity contribution >= 4 is 5.91 Å². The average Bonchev–Trinajstić information content (AvgIpc) is 2.73. The Hall–Kier alpha value is -0.570. The summed E-state index contributed by atoms with van der Waals surface area (Å²) in [7, 11) is 0. The summed E-state index contributed by atoms with van der Waals surface area (Å²) in [6, 6.07) is 1.96. The zero-order valence-electron chi connectivity index (χ0n) is 8.54. The number of likely N-dealkylation sites (tertiary alicyclic amines) is 1. The Morgan fingerprint density at radius 1 is 1.21 bits per heavy atom. The molecule has 2 atom stereocenters. The van der Waals surface area contributed by atoms with Crippen LogP contribution in [0.4, 0.5) is 0 Å². The van der Waals surface area contributed by atoms with Gasteiger partial charge in [0.15, 0.2) is 0 Å². The second-order valence-corrected chi connectivity index (χ2v) is 4.95. The first-order valence-electron chi connectivity index (χ1n) is 5.88. The molecule has 0 radical (unpaired) electrons. The summed E-state index contributed by atoms with van der Waals surface area (Å²) in [6.45, 7) is 1.02. The zero-order valence-corrected chi connectivity index (χ0v) is 8.54. The van der Waals surface area contributed by atoms with Gasteiger partial charge in [-0.1, -0.05) is 0 Å². The third-order valence-electron chi connectivity index (χ3n) is 4.00. The minimum absolute atomic E-state index is 0.399. The van der Waals surface area contributed by atoms with Crippen LogP contribution < -0.4 is 5.32 Å². The lowest BCUT2D eigenvalue weighted by atomic mass is 9.98. The maximum atomic E-state index is 11.6. The topological polar surface area (TPSA) is 32.3 Å². The summed E-state index contributed by atoms with van der Waals surface area (Å²) >= 11 is 0. The monoisotopic (exact) mass is 194 g/mol. The first-order valence-corrected chi connectivity index (χ1v) is 5.88. The Bertz CT molecular complexity index is 242. The summed E-state index contributed by atoms with van der Waals surface area (Å²) in [5.41, 5.74) is 0. The van der Waals surface area contributed by atoms with E-state index in [1.165, 1.54) is 25.7 Å². The molecule has 78 valence electrons. The highest BCUT2D eigenvalue weighted by atomic mass is 16.2. The number of rotatable bonds is 1. The molecule has 3 aliphatic rings. The van der Waals surface area contributed by atoms with Crippen LogP contribution in [0.15, 0.2) is 0 Å². The predicted molar refractivity (Wildman–Crippen MR) is 53.9 cm³/mol. The van der Waals surface area contributed by atoms with E-state index in [0.717, 1.165) is 19.4 Å². The van der Waals surface area contributed by atoms with Crippen LogP contribution in [0.3, 0.4) is 0 Å². The van der Waals surface area contributed by atoms with Crippen molar-refractivity contribution in [1.29, 1.82) is 0 Å². The normalized spacial score (nSPS) is 42.1. The average molecular weight is 194 g/mol. The molecular formula is C11H18N2O. The predicted octanol–water partition coefficient (Wildman–Crippen LogP) is 0.892. The molecule has 1 amide bonds. The number of carbonyl (C=O) groups excluding carboxylic acids is 1. The number of nitrogens with one attached hydrogen (secondary N) is 1. The van der Waals surface area contributed by atoms with Gasteiger partial charge in [0.1, 0.15) is 0 Å². The second kappa shape index (κ2) is 3.23. The van der Waals surface area contributed by atoms with Gasteiger partial charge in [0.05, 0.1) is 0 Å². The molecule has 3 rings (SSSR count). The van der Waals surface area contributed by atoms with Crippen LogP contribution in [0, 0.1) is 0 Å². The molecule has 14 heavy (non-hydrogen) atoms. The quantitative estimate of drug-likeness (QED) is 0.672. The lowest BCUT2D eigenvalue weighted by molar-refractivity contribution is -0.130. The van der Waals surface area contributed by atoms with Crippen LogP contribution in [-0.4, -0.2) is 35.5 Å². The first kappa shape index (κ1) is 8.72. The summed E-state index contributed by atoms with van der Waals surface area (Å²) in [4.78, 5) is 13.8. The number of hydrogen-bond donors (Lipinski definition) is 1. The van der Waals surface area contributed by atoms with Gasteiger partial charge in [-0.15, -0.1) is 0 Å². The number of fused-ring (bicyclic) bond motifs is 2. The molecule has 3 heterocycles. The highest BCUT2D eigenvalue weighted by molar-refractivity contribution is 5.78. The van der Waals surface area contributed by atoms with Gasteiger partial charge in [-0.2, -0.15) is 0 Å². The summed E-state index contributed by atoms with van der Waals surface area (Å²) in [6.07, 6.45) is 6.91. The van der Waals surface area contributed by atoms with E-state index in [4.69, 9.17) is 0 Å². The highest BCUT2D eigenvalue weighted by Gasteiger charge is 2.38. The molecule has 3 heteroatoms. The number of hydrogen-bond acceptors (Lipinski definition) is 2. The summed E-state index contributed by atoms with van der Waals surface area (Å²) in [5, 5.41) is 3.62. The summed E-state index contributed by atoms with van der Waals surface area (Å²) in [5.74, 6) is 0.399. The van der Waals surface area contributed by atoms with Gasteiger partial charge in [0.2, 0.25) is 5.91 Å². The van der Waals surface area contributed by atoms with E-state index in [1.54, 1.807) is 0 Å². The molecule has 0 aliphatic carbocycles. The Labute approximate surface area is 84.8 Å². The van der Waals surface area contributed by atoms with Crippen molar-refractivity contribution in [3.05, 3.63) is 0 Å². The molecule has 0 aromatic carbocycles. The minimum Gasteiger partial charge on any atom is -0.340 e. The second-order valence-electron chi connectivity index (χ2n) is 4.95. The fourth-order valence-electron chi connectivity index (χ4n) is 3.34. The van der Waals surface area contributed by atoms with E-state index in [-0.39, 0.29) is 0 Å². The largest absolute Gasteiger partial charge is 0.340 e. The molecule has 1 N–H and O–H groups in total. The lowest BCUT2D eigenvalue weighted by Crippen LogP contribution is -2.48. The smallest absolute Gasteiger partial charge is 0.222 e. The minimum atomic E-state index is 0.399. The third kappa shape index (κ3) is 1.34. The van der Waals surface area contributed by atoms with E-state index in [2.05, 4.69) is 10.2 Å². The number of carbonyl (C=O) groups is 1. The van der Waals surface area contributed by atoms with Crippen LogP contribution in [0.25, 0.3) is 0 Å². The van der Waals surface area contributed by atoms with Gasteiger partial charge in [-0.05, 0) is 32.1 Å². The lowest BCUT2D eigenvalue weighted by Gasteiger charge is -2.35. The third-order valence-corrected chi connectivity index (χ3v) is 4.00. The number of nitrogens with zero attached hydrogens (tertiary/aromatic N) is 1. The Kier molecular flexibility index (Phi) is 2.01. The van der Waals surface area contributed by atoms with E-state index in [1.807, 2.05) is 0 Å². The van der Waals surface area contributed by atoms with Gasteiger partial charge in [-0.25, -0.2) is 0 Å². The molecule has 0 aromatic heterocycles. The molecule has 3 fully saturated rings. The molecule has 2 bridgehead atoms. The standard InChI is InChI=1S/C11H18N2O/c14-11-2-1-5-13(11)10-6-8-3-4-9(7-10)12-8/h8-10,12H,1-7H2. The molecule has 2 unspecified atom stereocenters. The number of piperidine rings is 1. The Morgan fingerprint density at radius 3 is 2.50 bits per heavy atom. The van der Waals surface area contributed by atoms with Crippen molar-refractivity contribution in [3.63, 3.8) is 0 Å². The molecule has 3 aliphatic heterocycles. The van der Waals surface area contributed by atoms with Crippen molar-refractivity contribution in [2.24, 2.45) is 0 Å². The Balaban J connectivity index is 1.70. The van der Waals surface area contributed by atoms with Crippen molar-refractivity contribution in [2.45, 2.75) is 56.7 Å². The molecular weight excluding hydrogens is 176 g/mol. The van der Waals surface area contributed by atoms with E-state index in [0.29, 0.717) is 24.0 Å². The van der Waals surface area contributed by atoms with E-state index in [9.17, 15) is 4.79 Å². The van der Waals surface area contributed by atoms with Crippen LogP contribution in [0.2, 0.25) is 0 Å². The fraction of sp³-hybridized carbons (Fsp3) is 0.909. The van der Waals surface area contributed by atoms with Crippen LogP contribution in [0.1, 0.15) is 38.5 Å². The van der Waals surface area contributed by atoms with Crippen molar-refractivity contribution in [2.75, 3.05) is 6.54 Å². The van der Waals surface area contributed by atoms with Gasteiger partial charge in [0.25, 0.3) is 0 Å². The fourth-order valence-corrected chi connectivity index (χ4v) is 3.34. The zero-order chi connectivity index (χ0) is 9.54. The molecule has 0 aromatic rings.